The van der Waals surface area contributed by atoms with E-state index >= 15 is 0 Å². The van der Waals surface area contributed by atoms with E-state index in [-0.39, 0.29) is 11.5 Å². The van der Waals surface area contributed by atoms with E-state index in [9.17, 15) is 14.0 Å². The Morgan fingerprint density at radius 2 is 1.79 bits per heavy atom. The maximum absolute atomic E-state index is 13.2. The van der Waals surface area contributed by atoms with Gasteiger partial charge >= 0.3 is 0 Å². The molecule has 1 aliphatic carbocycles. The summed E-state index contributed by atoms with van der Waals surface area (Å²) in [6.45, 7) is 0. The summed E-state index contributed by atoms with van der Waals surface area (Å²) >= 11 is 0. The van der Waals surface area contributed by atoms with Gasteiger partial charge in [0.25, 0.3) is 11.5 Å². The summed E-state index contributed by atoms with van der Waals surface area (Å²) in [4.78, 5) is 30.5. The van der Waals surface area contributed by atoms with Gasteiger partial charge in [-0.1, -0.05) is 6.42 Å². The predicted molar refractivity (Wildman–Crippen MR) is 106 cm³/mol. The highest BCUT2D eigenvalue weighted by molar-refractivity contribution is 6.00. The lowest BCUT2D eigenvalue weighted by Gasteiger charge is -2.27. The summed E-state index contributed by atoms with van der Waals surface area (Å²) in [5.41, 5.74) is 2.94. The van der Waals surface area contributed by atoms with Gasteiger partial charge in [0, 0.05) is 17.5 Å². The van der Waals surface area contributed by atoms with Gasteiger partial charge in [-0.05, 0) is 43.2 Å². The Morgan fingerprint density at radius 1 is 1.14 bits per heavy atom. The molecule has 0 spiro atoms. The number of aromatic nitrogens is 2. The minimum Gasteiger partial charge on any atom is -0.493 e. The number of carbonyl (C=O) groups is 1. The molecule has 8 heteroatoms. The van der Waals surface area contributed by atoms with Gasteiger partial charge in [-0.25, -0.2) is 14.1 Å². The number of hydrogen-bond acceptors (Lipinski definition) is 5. The van der Waals surface area contributed by atoms with Crippen LogP contribution in [0.15, 0.2) is 41.2 Å². The number of carbonyl (C=O) groups excluding carboxylic acids is 1. The zero-order valence-corrected chi connectivity index (χ0v) is 16.1. The van der Waals surface area contributed by atoms with E-state index in [1.165, 1.54) is 43.2 Å². The molecule has 3 aromatic rings. The third-order valence-electron chi connectivity index (χ3n) is 5.19. The monoisotopic (exact) mass is 397 g/mol. The first kappa shape index (κ1) is 18.9. The first-order valence-electron chi connectivity index (χ1n) is 9.27. The molecular formula is C21H20FN3O4. The smallest absolute Gasteiger partial charge is 0.280 e. The average Bonchev–Trinajstić information content (AvgIpc) is 2.69. The summed E-state index contributed by atoms with van der Waals surface area (Å²) in [5.74, 6) is 0.480. The molecule has 0 unspecified atom stereocenters. The number of methoxy groups -OCH3 is 2. The van der Waals surface area contributed by atoms with E-state index in [4.69, 9.17) is 9.47 Å². The van der Waals surface area contributed by atoms with Gasteiger partial charge in [-0.2, -0.15) is 0 Å². The Kier molecular flexibility index (Phi) is 4.92. The fourth-order valence-corrected chi connectivity index (χ4v) is 3.35. The molecular weight excluding hydrogens is 377 g/mol. The number of benzene rings is 2. The lowest BCUT2D eigenvalue weighted by molar-refractivity contribution is 0.100. The van der Waals surface area contributed by atoms with Gasteiger partial charge in [-0.15, -0.1) is 0 Å². The van der Waals surface area contributed by atoms with Gasteiger partial charge in [0.2, 0.25) is 0 Å². The minimum absolute atomic E-state index is 0.0775. The molecule has 1 saturated carbocycles. The van der Waals surface area contributed by atoms with E-state index in [0.717, 1.165) is 19.3 Å². The molecule has 1 heterocycles. The van der Waals surface area contributed by atoms with Crippen LogP contribution in [0, 0.1) is 5.82 Å². The summed E-state index contributed by atoms with van der Waals surface area (Å²) < 4.78 is 25.0. The zero-order valence-electron chi connectivity index (χ0n) is 16.1. The second-order valence-electron chi connectivity index (χ2n) is 6.91. The maximum atomic E-state index is 13.2. The number of fused-ring (bicyclic) bond motifs is 1. The van der Waals surface area contributed by atoms with Crippen LogP contribution in [0.2, 0.25) is 0 Å². The highest BCUT2D eigenvalue weighted by Crippen LogP contribution is 2.36. The second-order valence-corrected chi connectivity index (χ2v) is 6.91. The van der Waals surface area contributed by atoms with Crippen LogP contribution in [-0.4, -0.2) is 29.8 Å². The Hall–Kier alpha value is -3.42. The van der Waals surface area contributed by atoms with Gasteiger partial charge in [0.1, 0.15) is 11.6 Å². The number of nitrogens with zero attached hydrogens (tertiary/aromatic N) is 2. The predicted octanol–water partition coefficient (Wildman–Crippen LogP) is 3.20. The first-order chi connectivity index (χ1) is 14.0. The third-order valence-corrected chi connectivity index (χ3v) is 5.19. The Balaban J connectivity index is 1.84. The van der Waals surface area contributed by atoms with Crippen LogP contribution in [-0.2, 0) is 0 Å². The zero-order chi connectivity index (χ0) is 20.5. The summed E-state index contributed by atoms with van der Waals surface area (Å²) in [6.07, 6.45) is 2.81. The maximum Gasteiger partial charge on any atom is 0.280 e. The normalized spacial score (nSPS) is 13.8. The van der Waals surface area contributed by atoms with Crippen LogP contribution < -0.4 is 20.5 Å². The topological polar surface area (TPSA) is 82.5 Å². The second kappa shape index (κ2) is 7.54. The number of hydrogen-bond donors (Lipinski definition) is 1. The van der Waals surface area contributed by atoms with Crippen molar-refractivity contribution in [1.82, 2.24) is 9.66 Å². The third kappa shape index (κ3) is 3.41. The number of amides is 1. The number of rotatable bonds is 5. The van der Waals surface area contributed by atoms with Crippen molar-refractivity contribution < 1.29 is 18.7 Å². The molecule has 2 aromatic carbocycles. The largest absolute Gasteiger partial charge is 0.493 e. The fraction of sp³-hybridized carbons (Fsp3) is 0.286. The van der Waals surface area contributed by atoms with Crippen molar-refractivity contribution in [3.63, 3.8) is 0 Å². The highest BCUT2D eigenvalue weighted by atomic mass is 19.1. The van der Waals surface area contributed by atoms with E-state index in [0.29, 0.717) is 28.2 Å². The van der Waals surface area contributed by atoms with Crippen LogP contribution in [0.3, 0.4) is 0 Å². The minimum atomic E-state index is -0.519. The lowest BCUT2D eigenvalue weighted by Crippen LogP contribution is -2.38. The molecule has 1 fully saturated rings. The van der Waals surface area contributed by atoms with Crippen molar-refractivity contribution in [3.05, 3.63) is 64.0 Å². The first-order valence-corrected chi connectivity index (χ1v) is 9.27. The van der Waals surface area contributed by atoms with E-state index < -0.39 is 17.3 Å². The fourth-order valence-electron chi connectivity index (χ4n) is 3.35. The van der Waals surface area contributed by atoms with Gasteiger partial charge in [-0.3, -0.25) is 15.0 Å². The SMILES string of the molecule is COc1cc2nc(C3CCC3)n(NC(=O)c3ccc(F)cc3)c(=O)c2cc1OC. The molecule has 1 N–H and O–H groups in total. The molecule has 1 amide bonds. The van der Waals surface area contributed by atoms with Crippen molar-refractivity contribution in [2.75, 3.05) is 19.6 Å². The van der Waals surface area contributed by atoms with Crippen molar-refractivity contribution in [1.29, 1.82) is 0 Å². The highest BCUT2D eigenvalue weighted by Gasteiger charge is 2.27. The molecule has 7 nitrogen and oxygen atoms in total. The molecule has 0 radical (unpaired) electrons. The molecule has 0 saturated heterocycles. The van der Waals surface area contributed by atoms with Crippen LogP contribution in [0.1, 0.15) is 41.4 Å². The lowest BCUT2D eigenvalue weighted by atomic mass is 9.84. The van der Waals surface area contributed by atoms with E-state index in [1.807, 2.05) is 0 Å². The summed E-state index contributed by atoms with van der Waals surface area (Å²) in [5, 5.41) is 0.296. The molecule has 1 aromatic heterocycles. The Morgan fingerprint density at radius 3 is 2.38 bits per heavy atom. The molecule has 150 valence electrons. The standard InChI is InChI=1S/C21H20FN3O4/c1-28-17-10-15-16(11-18(17)29-2)23-19(12-4-3-5-12)25(21(15)27)24-20(26)13-6-8-14(22)9-7-13/h6-12H,3-5H2,1-2H3,(H,24,26). The number of halogens is 1. The van der Waals surface area contributed by atoms with Gasteiger partial charge in [0.05, 0.1) is 25.1 Å². The van der Waals surface area contributed by atoms with E-state index in [2.05, 4.69) is 10.4 Å². The van der Waals surface area contributed by atoms with Crippen molar-refractivity contribution in [2.45, 2.75) is 25.2 Å². The quantitative estimate of drug-likeness (QED) is 0.715. The molecule has 29 heavy (non-hydrogen) atoms. The number of ether oxygens (including phenoxy) is 2. The van der Waals surface area contributed by atoms with Crippen molar-refractivity contribution in [2.24, 2.45) is 0 Å². The average molecular weight is 397 g/mol. The van der Waals surface area contributed by atoms with Gasteiger partial charge in [0.15, 0.2) is 11.5 Å². The van der Waals surface area contributed by atoms with Crippen molar-refractivity contribution in [3.8, 4) is 11.5 Å². The van der Waals surface area contributed by atoms with Crippen LogP contribution >= 0.6 is 0 Å². The molecule has 4 rings (SSSR count). The molecule has 0 bridgehead atoms. The Bertz CT molecular complexity index is 1140. The van der Waals surface area contributed by atoms with E-state index in [1.54, 1.807) is 12.1 Å². The summed E-state index contributed by atoms with van der Waals surface area (Å²) in [6, 6.07) is 8.32. The number of nitrogens with one attached hydrogen (secondary N) is 1. The van der Waals surface area contributed by atoms with Gasteiger partial charge < -0.3 is 9.47 Å². The molecule has 0 aliphatic heterocycles. The van der Waals surface area contributed by atoms with Crippen LogP contribution in [0.5, 0.6) is 11.5 Å². The molecule has 0 atom stereocenters. The van der Waals surface area contributed by atoms with Crippen LogP contribution in [0.4, 0.5) is 4.39 Å². The van der Waals surface area contributed by atoms with Crippen molar-refractivity contribution >= 4 is 16.8 Å². The van der Waals surface area contributed by atoms with Crippen LogP contribution in [0.25, 0.3) is 10.9 Å². The Labute approximate surface area is 166 Å². The molecule has 1 aliphatic rings. The summed E-state index contributed by atoms with van der Waals surface area (Å²) in [7, 11) is 3.00.